The fourth-order valence-corrected chi connectivity index (χ4v) is 4.48. The molecule has 9 nitrogen and oxygen atoms in total. The summed E-state index contributed by atoms with van der Waals surface area (Å²) in [5.74, 6) is 0.0469. The van der Waals surface area contributed by atoms with Gasteiger partial charge >= 0.3 is 0 Å². The van der Waals surface area contributed by atoms with Crippen LogP contribution in [0.5, 0.6) is 0 Å². The maximum atomic E-state index is 13.7. The van der Waals surface area contributed by atoms with Crippen LogP contribution in [0.25, 0.3) is 11.3 Å². The topological polar surface area (TPSA) is 132 Å². The molecule has 4 aromatic rings. The van der Waals surface area contributed by atoms with Crippen molar-refractivity contribution in [3.05, 3.63) is 100 Å². The monoisotopic (exact) mass is 481 g/mol. The number of rotatable bonds is 7. The Balaban J connectivity index is 1.51. The van der Waals surface area contributed by atoms with Gasteiger partial charge in [0.1, 0.15) is 11.4 Å². The molecule has 0 radical (unpaired) electrons. The van der Waals surface area contributed by atoms with Crippen LogP contribution in [0.1, 0.15) is 21.5 Å². The number of pyridine rings is 1. The Morgan fingerprint density at radius 1 is 1.03 bits per heavy atom. The van der Waals surface area contributed by atoms with Gasteiger partial charge in [-0.25, -0.2) is 4.98 Å². The molecule has 0 saturated heterocycles. The van der Waals surface area contributed by atoms with Crippen LogP contribution in [0.2, 0.25) is 0 Å². The molecule has 1 aliphatic rings. The molecule has 2 aromatic heterocycles. The second kappa shape index (κ2) is 9.63. The summed E-state index contributed by atoms with van der Waals surface area (Å²) < 4.78 is 1.41. The highest BCUT2D eigenvalue weighted by molar-refractivity contribution is 6.14. The molecular weight excluding hydrogens is 454 g/mol. The van der Waals surface area contributed by atoms with Gasteiger partial charge in [-0.05, 0) is 35.7 Å². The summed E-state index contributed by atoms with van der Waals surface area (Å²) in [4.78, 5) is 37.4. The van der Waals surface area contributed by atoms with Gasteiger partial charge in [-0.3, -0.25) is 24.0 Å². The van der Waals surface area contributed by atoms with E-state index in [9.17, 15) is 9.59 Å². The highest BCUT2D eigenvalue weighted by atomic mass is 16.2. The minimum Gasteiger partial charge on any atom is -0.398 e. The predicted molar refractivity (Wildman–Crippen MR) is 141 cm³/mol. The van der Waals surface area contributed by atoms with E-state index in [1.807, 2.05) is 36.4 Å². The SMILES string of the molecule is Cn1c(NCC(N)Cc2ccccc2)nc(-c2ccncc2)c(N2Cc3cccc(N)c3C2=O)c1=O. The summed E-state index contributed by atoms with van der Waals surface area (Å²) in [5, 5.41) is 3.23. The summed E-state index contributed by atoms with van der Waals surface area (Å²) in [6.45, 7) is 0.651. The lowest BCUT2D eigenvalue weighted by molar-refractivity contribution is 0.0997. The second-order valence-corrected chi connectivity index (χ2v) is 8.84. The number of aromatic nitrogens is 3. The van der Waals surface area contributed by atoms with Gasteiger partial charge in [-0.1, -0.05) is 42.5 Å². The van der Waals surface area contributed by atoms with Gasteiger partial charge in [0.2, 0.25) is 5.95 Å². The van der Waals surface area contributed by atoms with Crippen LogP contribution in [0.4, 0.5) is 17.3 Å². The molecule has 1 amide bonds. The first-order chi connectivity index (χ1) is 17.4. The number of nitrogen functional groups attached to an aromatic ring is 1. The number of anilines is 3. The number of amides is 1. The van der Waals surface area contributed by atoms with Gasteiger partial charge < -0.3 is 16.8 Å². The maximum Gasteiger partial charge on any atom is 0.279 e. The first kappa shape index (κ1) is 23.3. The molecule has 0 spiro atoms. The fraction of sp³-hybridized carbons (Fsp3) is 0.185. The molecular formula is C27H27N7O2. The molecule has 9 heteroatoms. The van der Waals surface area contributed by atoms with E-state index in [1.165, 1.54) is 9.47 Å². The Morgan fingerprint density at radius 3 is 2.50 bits per heavy atom. The number of nitrogens with one attached hydrogen (secondary N) is 1. The Bertz CT molecular complexity index is 1470. The Kier molecular flexibility index (Phi) is 6.22. The predicted octanol–water partition coefficient (Wildman–Crippen LogP) is 2.57. The quantitative estimate of drug-likeness (QED) is 0.346. The first-order valence-electron chi connectivity index (χ1n) is 11.7. The second-order valence-electron chi connectivity index (χ2n) is 8.84. The molecule has 1 atom stereocenters. The van der Waals surface area contributed by atoms with E-state index >= 15 is 0 Å². The molecule has 1 aliphatic heterocycles. The van der Waals surface area contributed by atoms with Crippen LogP contribution >= 0.6 is 0 Å². The lowest BCUT2D eigenvalue weighted by atomic mass is 10.1. The summed E-state index contributed by atoms with van der Waals surface area (Å²) in [6.07, 6.45) is 3.93. The van der Waals surface area contributed by atoms with Crippen molar-refractivity contribution in [1.29, 1.82) is 0 Å². The number of carbonyl (C=O) groups excluding carboxylic acids is 1. The lowest BCUT2D eigenvalue weighted by Gasteiger charge is -2.22. The zero-order valence-electron chi connectivity index (χ0n) is 19.9. The van der Waals surface area contributed by atoms with Crippen molar-refractivity contribution in [3.63, 3.8) is 0 Å². The Hall–Kier alpha value is -4.50. The van der Waals surface area contributed by atoms with Crippen LogP contribution in [-0.4, -0.2) is 33.0 Å². The normalized spacial score (nSPS) is 13.5. The largest absolute Gasteiger partial charge is 0.398 e. The third kappa shape index (κ3) is 4.32. The van der Waals surface area contributed by atoms with Gasteiger partial charge in [-0.15, -0.1) is 0 Å². The third-order valence-electron chi connectivity index (χ3n) is 6.32. The molecule has 0 aliphatic carbocycles. The van der Waals surface area contributed by atoms with Crippen LogP contribution < -0.4 is 27.2 Å². The van der Waals surface area contributed by atoms with Crippen molar-refractivity contribution in [3.8, 4) is 11.3 Å². The van der Waals surface area contributed by atoms with E-state index in [1.54, 1.807) is 43.7 Å². The van der Waals surface area contributed by atoms with Gasteiger partial charge in [0, 0.05) is 43.3 Å². The summed E-state index contributed by atoms with van der Waals surface area (Å²) in [7, 11) is 1.63. The van der Waals surface area contributed by atoms with E-state index in [4.69, 9.17) is 16.5 Å². The highest BCUT2D eigenvalue weighted by Crippen LogP contribution is 2.35. The van der Waals surface area contributed by atoms with Gasteiger partial charge in [0.05, 0.1) is 12.1 Å². The minimum atomic E-state index is -0.351. The standard InChI is InChI=1S/C27H27N7O2/c1-33-26(36)24(34-16-19-8-5-9-21(29)22(19)25(34)35)23(18-10-12-30-13-11-18)32-27(33)31-15-20(28)14-17-6-3-2-4-7-17/h2-13,20H,14-16,28-29H2,1H3,(H,31,32). The van der Waals surface area contributed by atoms with E-state index in [0.29, 0.717) is 41.4 Å². The molecule has 0 fully saturated rings. The van der Waals surface area contributed by atoms with Crippen molar-refractivity contribution in [2.75, 3.05) is 22.5 Å². The van der Waals surface area contributed by atoms with Crippen molar-refractivity contribution >= 4 is 23.2 Å². The molecule has 182 valence electrons. The Labute approximate surface area is 208 Å². The average molecular weight is 482 g/mol. The number of hydrogen-bond acceptors (Lipinski definition) is 7. The third-order valence-corrected chi connectivity index (χ3v) is 6.32. The molecule has 36 heavy (non-hydrogen) atoms. The molecule has 1 unspecified atom stereocenters. The number of carbonyl (C=O) groups is 1. The number of benzene rings is 2. The number of hydrogen-bond donors (Lipinski definition) is 3. The van der Waals surface area contributed by atoms with E-state index < -0.39 is 0 Å². The van der Waals surface area contributed by atoms with Gasteiger partial charge in [0.15, 0.2) is 0 Å². The molecule has 0 bridgehead atoms. The van der Waals surface area contributed by atoms with Crippen molar-refractivity contribution in [1.82, 2.24) is 14.5 Å². The van der Waals surface area contributed by atoms with E-state index in [2.05, 4.69) is 10.3 Å². The van der Waals surface area contributed by atoms with Crippen molar-refractivity contribution < 1.29 is 4.79 Å². The average Bonchev–Trinajstić information content (AvgIpc) is 3.23. The first-order valence-corrected chi connectivity index (χ1v) is 11.7. The number of nitrogens with two attached hydrogens (primary N) is 2. The van der Waals surface area contributed by atoms with Crippen LogP contribution in [-0.2, 0) is 20.0 Å². The highest BCUT2D eigenvalue weighted by Gasteiger charge is 2.34. The van der Waals surface area contributed by atoms with Crippen LogP contribution in [0.15, 0.2) is 77.9 Å². The van der Waals surface area contributed by atoms with Gasteiger partial charge in [-0.2, -0.15) is 0 Å². The summed E-state index contributed by atoms with van der Waals surface area (Å²) in [5.41, 5.74) is 16.1. The van der Waals surface area contributed by atoms with Crippen LogP contribution in [0.3, 0.4) is 0 Å². The zero-order valence-corrected chi connectivity index (χ0v) is 19.9. The molecule has 0 saturated carbocycles. The van der Waals surface area contributed by atoms with Crippen molar-refractivity contribution in [2.24, 2.45) is 12.8 Å². The fourth-order valence-electron chi connectivity index (χ4n) is 4.48. The molecule has 5 rings (SSSR count). The summed E-state index contributed by atoms with van der Waals surface area (Å²) >= 11 is 0. The zero-order chi connectivity index (χ0) is 25.2. The summed E-state index contributed by atoms with van der Waals surface area (Å²) in [6, 6.07) is 18.7. The molecule has 2 aromatic carbocycles. The smallest absolute Gasteiger partial charge is 0.279 e. The lowest BCUT2D eigenvalue weighted by Crippen LogP contribution is -2.36. The maximum absolute atomic E-state index is 13.7. The van der Waals surface area contributed by atoms with Gasteiger partial charge in [0.25, 0.3) is 11.5 Å². The van der Waals surface area contributed by atoms with E-state index in [0.717, 1.165) is 11.1 Å². The van der Waals surface area contributed by atoms with Crippen LogP contribution in [0, 0.1) is 0 Å². The Morgan fingerprint density at radius 2 is 1.78 bits per heavy atom. The number of nitrogens with zero attached hydrogens (tertiary/aromatic N) is 4. The van der Waals surface area contributed by atoms with E-state index in [-0.39, 0.29) is 29.7 Å². The molecule has 5 N–H and O–H groups in total. The number of fused-ring (bicyclic) bond motifs is 1. The van der Waals surface area contributed by atoms with Crippen molar-refractivity contribution in [2.45, 2.75) is 19.0 Å². The molecule has 3 heterocycles. The minimum absolute atomic E-state index is 0.189.